The van der Waals surface area contributed by atoms with Crippen LogP contribution in [-0.2, 0) is 22.6 Å². The molecule has 0 aliphatic carbocycles. The van der Waals surface area contributed by atoms with E-state index in [1.807, 2.05) is 74.7 Å². The average molecular weight is 409 g/mol. The zero-order chi connectivity index (χ0) is 20.9. The second-order valence-electron chi connectivity index (χ2n) is 7.72. The molecule has 0 fully saturated rings. The first kappa shape index (κ1) is 20.8. The van der Waals surface area contributed by atoms with Gasteiger partial charge in [-0.3, -0.25) is 9.59 Å². The molecule has 0 amide bonds. The molecule has 0 atom stereocenters. The molecule has 29 heavy (non-hydrogen) atoms. The Balaban J connectivity index is 1.66. The second-order valence-corrected chi connectivity index (χ2v) is 8.66. The van der Waals surface area contributed by atoms with Gasteiger partial charge in [0, 0.05) is 16.0 Å². The third-order valence-corrected chi connectivity index (χ3v) is 5.01. The normalized spacial score (nSPS) is 11.1. The van der Waals surface area contributed by atoms with Gasteiger partial charge in [0.25, 0.3) is 0 Å². The molecule has 2 aromatic carbocycles. The van der Waals surface area contributed by atoms with Crippen molar-refractivity contribution in [1.29, 1.82) is 0 Å². The SMILES string of the molecule is CC(C)(C)OC(=O)Cc1cccc(COc2ccc(-c3cccs3)c(C=O)c2)c1. The largest absolute Gasteiger partial charge is 0.489 e. The molecule has 0 saturated carbocycles. The first-order valence-electron chi connectivity index (χ1n) is 9.39. The van der Waals surface area contributed by atoms with Crippen molar-refractivity contribution in [3.8, 4) is 16.2 Å². The summed E-state index contributed by atoms with van der Waals surface area (Å²) in [7, 11) is 0. The van der Waals surface area contributed by atoms with Gasteiger partial charge in [-0.2, -0.15) is 0 Å². The van der Waals surface area contributed by atoms with E-state index in [1.54, 1.807) is 17.4 Å². The first-order chi connectivity index (χ1) is 13.8. The molecule has 150 valence electrons. The van der Waals surface area contributed by atoms with Crippen molar-refractivity contribution in [3.63, 3.8) is 0 Å². The molecule has 0 N–H and O–H groups in total. The first-order valence-corrected chi connectivity index (χ1v) is 10.3. The van der Waals surface area contributed by atoms with Crippen molar-refractivity contribution in [2.45, 2.75) is 39.4 Å². The molecule has 0 bridgehead atoms. The Hall–Kier alpha value is -2.92. The van der Waals surface area contributed by atoms with E-state index in [1.165, 1.54) is 0 Å². The maximum Gasteiger partial charge on any atom is 0.310 e. The predicted octanol–water partition coefficient (Wildman–Crippen LogP) is 5.69. The third-order valence-electron chi connectivity index (χ3n) is 4.10. The van der Waals surface area contributed by atoms with E-state index in [0.717, 1.165) is 27.9 Å². The molecular formula is C24H24O4S. The van der Waals surface area contributed by atoms with E-state index >= 15 is 0 Å². The summed E-state index contributed by atoms with van der Waals surface area (Å²) in [5.41, 5.74) is 2.83. The van der Waals surface area contributed by atoms with Gasteiger partial charge in [0.2, 0.25) is 0 Å². The van der Waals surface area contributed by atoms with Gasteiger partial charge >= 0.3 is 5.97 Å². The molecule has 0 aliphatic rings. The van der Waals surface area contributed by atoms with Crippen LogP contribution in [0.4, 0.5) is 0 Å². The van der Waals surface area contributed by atoms with Crippen LogP contribution in [0.5, 0.6) is 5.75 Å². The Kier molecular flexibility index (Phi) is 6.49. The van der Waals surface area contributed by atoms with Crippen LogP contribution in [0, 0.1) is 0 Å². The van der Waals surface area contributed by atoms with Gasteiger partial charge in [0.15, 0.2) is 6.29 Å². The predicted molar refractivity (Wildman–Crippen MR) is 115 cm³/mol. The number of benzene rings is 2. The molecule has 0 spiro atoms. The molecule has 3 aromatic rings. The van der Waals surface area contributed by atoms with Gasteiger partial charge in [0.1, 0.15) is 18.0 Å². The topological polar surface area (TPSA) is 52.6 Å². The van der Waals surface area contributed by atoms with Gasteiger partial charge in [-0.15, -0.1) is 11.3 Å². The zero-order valence-corrected chi connectivity index (χ0v) is 17.6. The lowest BCUT2D eigenvalue weighted by Crippen LogP contribution is -2.24. The standard InChI is InChI=1S/C24H24O4S/c1-24(2,3)28-23(26)13-17-6-4-7-18(12-17)16-27-20-9-10-21(19(14-20)15-25)22-8-5-11-29-22/h4-12,14-15H,13,16H2,1-3H3. The highest BCUT2D eigenvalue weighted by Crippen LogP contribution is 2.30. The lowest BCUT2D eigenvalue weighted by molar-refractivity contribution is -0.153. The van der Waals surface area contributed by atoms with E-state index < -0.39 is 5.60 Å². The van der Waals surface area contributed by atoms with Crippen LogP contribution in [0.2, 0.25) is 0 Å². The Morgan fingerprint density at radius 1 is 1.03 bits per heavy atom. The van der Waals surface area contributed by atoms with Gasteiger partial charge in [-0.1, -0.05) is 30.3 Å². The summed E-state index contributed by atoms with van der Waals surface area (Å²) in [6.45, 7) is 5.91. The fraction of sp³-hybridized carbons (Fsp3) is 0.250. The molecule has 0 aliphatic heterocycles. The molecular weight excluding hydrogens is 384 g/mol. The Bertz CT molecular complexity index is 984. The maximum absolute atomic E-state index is 12.0. The van der Waals surface area contributed by atoms with Crippen LogP contribution in [-0.4, -0.2) is 17.9 Å². The highest BCUT2D eigenvalue weighted by atomic mass is 32.1. The summed E-state index contributed by atoms with van der Waals surface area (Å²) in [6, 6.07) is 17.2. The summed E-state index contributed by atoms with van der Waals surface area (Å²) < 4.78 is 11.3. The molecule has 1 heterocycles. The van der Waals surface area contributed by atoms with Crippen LogP contribution >= 0.6 is 11.3 Å². The summed E-state index contributed by atoms with van der Waals surface area (Å²) >= 11 is 1.59. The number of hydrogen-bond donors (Lipinski definition) is 0. The minimum absolute atomic E-state index is 0.218. The number of hydrogen-bond acceptors (Lipinski definition) is 5. The summed E-state index contributed by atoms with van der Waals surface area (Å²) in [4.78, 5) is 24.6. The Labute approximate surface area is 175 Å². The number of rotatable bonds is 7. The van der Waals surface area contributed by atoms with E-state index in [9.17, 15) is 9.59 Å². The highest BCUT2D eigenvalue weighted by Gasteiger charge is 2.16. The summed E-state index contributed by atoms with van der Waals surface area (Å²) in [5, 5.41) is 1.98. The number of carbonyl (C=O) groups excluding carboxylic acids is 2. The van der Waals surface area contributed by atoms with Crippen LogP contribution in [0.15, 0.2) is 60.0 Å². The Morgan fingerprint density at radius 3 is 2.52 bits per heavy atom. The second kappa shape index (κ2) is 9.05. The monoisotopic (exact) mass is 408 g/mol. The van der Waals surface area contributed by atoms with Crippen molar-refractivity contribution < 1.29 is 19.1 Å². The van der Waals surface area contributed by atoms with Gasteiger partial charge < -0.3 is 9.47 Å². The van der Waals surface area contributed by atoms with Crippen LogP contribution in [0.25, 0.3) is 10.4 Å². The number of aldehydes is 1. The molecule has 3 rings (SSSR count). The van der Waals surface area contributed by atoms with Crippen molar-refractivity contribution in [2.24, 2.45) is 0 Å². The number of ether oxygens (including phenoxy) is 2. The van der Waals surface area contributed by atoms with Gasteiger partial charge in [0.05, 0.1) is 6.42 Å². The van der Waals surface area contributed by atoms with E-state index in [-0.39, 0.29) is 12.4 Å². The lowest BCUT2D eigenvalue weighted by Gasteiger charge is -2.19. The molecule has 0 saturated heterocycles. The van der Waals surface area contributed by atoms with Crippen molar-refractivity contribution in [1.82, 2.24) is 0 Å². The molecule has 0 radical (unpaired) electrons. The van der Waals surface area contributed by atoms with Crippen molar-refractivity contribution in [3.05, 3.63) is 76.7 Å². The number of thiophene rings is 1. The fourth-order valence-electron chi connectivity index (χ4n) is 2.92. The highest BCUT2D eigenvalue weighted by molar-refractivity contribution is 7.13. The zero-order valence-electron chi connectivity index (χ0n) is 16.8. The minimum atomic E-state index is -0.497. The van der Waals surface area contributed by atoms with Crippen molar-refractivity contribution in [2.75, 3.05) is 0 Å². The molecule has 5 heteroatoms. The quantitative estimate of drug-likeness (QED) is 0.372. The summed E-state index contributed by atoms with van der Waals surface area (Å²) in [6.07, 6.45) is 1.07. The fourth-order valence-corrected chi connectivity index (χ4v) is 3.70. The van der Waals surface area contributed by atoms with Crippen LogP contribution < -0.4 is 4.74 Å². The minimum Gasteiger partial charge on any atom is -0.489 e. The molecule has 0 unspecified atom stereocenters. The van der Waals surface area contributed by atoms with Gasteiger partial charge in [-0.05, 0) is 61.5 Å². The van der Waals surface area contributed by atoms with Gasteiger partial charge in [-0.25, -0.2) is 0 Å². The van der Waals surface area contributed by atoms with Crippen LogP contribution in [0.3, 0.4) is 0 Å². The van der Waals surface area contributed by atoms with Crippen molar-refractivity contribution >= 4 is 23.6 Å². The number of carbonyl (C=O) groups is 2. The molecule has 4 nitrogen and oxygen atoms in total. The maximum atomic E-state index is 12.0. The summed E-state index contributed by atoms with van der Waals surface area (Å²) in [5.74, 6) is 0.375. The third kappa shape index (κ3) is 6.03. The van der Waals surface area contributed by atoms with E-state index in [4.69, 9.17) is 9.47 Å². The number of esters is 1. The molecule has 1 aromatic heterocycles. The Morgan fingerprint density at radius 2 is 1.83 bits per heavy atom. The smallest absolute Gasteiger partial charge is 0.310 e. The van der Waals surface area contributed by atoms with Crippen LogP contribution in [0.1, 0.15) is 42.3 Å². The average Bonchev–Trinajstić information content (AvgIpc) is 3.19. The lowest BCUT2D eigenvalue weighted by atomic mass is 10.1. The van der Waals surface area contributed by atoms with E-state index in [2.05, 4.69) is 0 Å². The van der Waals surface area contributed by atoms with E-state index in [0.29, 0.717) is 17.9 Å².